The zero-order valence-corrected chi connectivity index (χ0v) is 35.6. The number of carboxylic acid groups (broad SMARTS) is 1. The van der Waals surface area contributed by atoms with Gasteiger partial charge in [-0.3, -0.25) is 9.78 Å². The molecular formula is C44H50F3N5O4SSi. The number of halogens is 3. The van der Waals surface area contributed by atoms with E-state index in [2.05, 4.69) is 73.2 Å². The highest BCUT2D eigenvalue weighted by Crippen LogP contribution is 2.44. The molecule has 9 nitrogen and oxygen atoms in total. The van der Waals surface area contributed by atoms with E-state index in [0.717, 1.165) is 21.9 Å². The predicted octanol–water partition coefficient (Wildman–Crippen LogP) is 8.59. The van der Waals surface area contributed by atoms with Gasteiger partial charge in [0.1, 0.15) is 23.4 Å². The summed E-state index contributed by atoms with van der Waals surface area (Å²) in [6.07, 6.45) is -3.17. The maximum atomic E-state index is 14.7. The molecule has 3 aromatic carbocycles. The zero-order chi connectivity index (χ0) is 42.0. The molecule has 58 heavy (non-hydrogen) atoms. The lowest BCUT2D eigenvalue weighted by Crippen LogP contribution is -2.67. The number of carbonyl (C=O) groups is 1. The predicted molar refractivity (Wildman–Crippen MR) is 226 cm³/mol. The lowest BCUT2D eigenvalue weighted by molar-refractivity contribution is -0.140. The number of aromatic nitrogens is 4. The van der Waals surface area contributed by atoms with Crippen LogP contribution in [0.1, 0.15) is 64.7 Å². The van der Waals surface area contributed by atoms with Gasteiger partial charge in [-0.05, 0) is 81.6 Å². The summed E-state index contributed by atoms with van der Waals surface area (Å²) < 4.78 is 62.9. The summed E-state index contributed by atoms with van der Waals surface area (Å²) in [5.74, 6) is -0.888. The minimum Gasteiger partial charge on any atom is -0.480 e. The first-order chi connectivity index (χ1) is 27.3. The number of hydrogen-bond acceptors (Lipinski definition) is 8. The molecule has 0 radical (unpaired) electrons. The molecule has 0 aliphatic carbocycles. The van der Waals surface area contributed by atoms with E-state index in [1.54, 1.807) is 37.6 Å². The van der Waals surface area contributed by atoms with Gasteiger partial charge < -0.3 is 24.6 Å². The Kier molecular flexibility index (Phi) is 12.5. The van der Waals surface area contributed by atoms with Crippen LogP contribution in [0.4, 0.5) is 13.2 Å². The van der Waals surface area contributed by atoms with Crippen LogP contribution in [-0.2, 0) is 33.3 Å². The fourth-order valence-electron chi connectivity index (χ4n) is 7.77. The van der Waals surface area contributed by atoms with Crippen molar-refractivity contribution in [2.75, 3.05) is 13.7 Å². The second kappa shape index (κ2) is 16.9. The van der Waals surface area contributed by atoms with Crippen LogP contribution in [-0.4, -0.2) is 64.2 Å². The van der Waals surface area contributed by atoms with E-state index in [4.69, 9.17) is 14.9 Å². The van der Waals surface area contributed by atoms with Crippen LogP contribution in [0.25, 0.3) is 32.7 Å². The van der Waals surface area contributed by atoms with Crippen LogP contribution in [0.2, 0.25) is 5.04 Å². The van der Waals surface area contributed by atoms with E-state index >= 15 is 0 Å². The molecule has 0 aliphatic rings. The van der Waals surface area contributed by atoms with Crippen molar-refractivity contribution in [2.45, 2.75) is 84.3 Å². The fraction of sp³-hybridized carbons (Fsp3) is 0.364. The molecule has 0 fully saturated rings. The van der Waals surface area contributed by atoms with E-state index in [-0.39, 0.29) is 17.3 Å². The molecule has 0 amide bonds. The molecule has 0 saturated carbocycles. The van der Waals surface area contributed by atoms with Gasteiger partial charge in [-0.2, -0.15) is 17.5 Å². The summed E-state index contributed by atoms with van der Waals surface area (Å²) >= 11 is 1.08. The Morgan fingerprint density at radius 2 is 1.59 bits per heavy atom. The Morgan fingerprint density at radius 3 is 2.16 bits per heavy atom. The van der Waals surface area contributed by atoms with E-state index in [9.17, 15) is 23.1 Å². The molecule has 2 atom stereocenters. The Bertz CT molecular complexity index is 2320. The third-order valence-corrected chi connectivity index (χ3v) is 16.3. The molecule has 0 aliphatic heterocycles. The van der Waals surface area contributed by atoms with Crippen molar-refractivity contribution in [3.63, 3.8) is 0 Å². The number of nitrogens with zero attached hydrogens (tertiary/aromatic N) is 4. The van der Waals surface area contributed by atoms with E-state index in [1.165, 1.54) is 4.57 Å². The fourth-order valence-corrected chi connectivity index (χ4v) is 13.2. The number of ether oxygens (including phenoxy) is 1. The highest BCUT2D eigenvalue weighted by molar-refractivity contribution is 7.09. The number of pyridine rings is 1. The largest absolute Gasteiger partial charge is 0.480 e. The molecule has 6 aromatic rings. The van der Waals surface area contributed by atoms with E-state index in [0.29, 0.717) is 57.0 Å². The third kappa shape index (κ3) is 8.96. The molecular weight excluding hydrogens is 780 g/mol. The smallest absolute Gasteiger partial charge is 0.406 e. The first-order valence-electron chi connectivity index (χ1n) is 19.1. The van der Waals surface area contributed by atoms with Crippen molar-refractivity contribution in [2.24, 2.45) is 11.1 Å². The van der Waals surface area contributed by atoms with Gasteiger partial charge in [-0.15, -0.1) is 0 Å². The molecule has 3 heterocycles. The summed E-state index contributed by atoms with van der Waals surface area (Å²) in [4.78, 5) is 20.6. The average molecular weight is 830 g/mol. The van der Waals surface area contributed by atoms with E-state index in [1.807, 2.05) is 49.4 Å². The maximum absolute atomic E-state index is 14.7. The van der Waals surface area contributed by atoms with Crippen LogP contribution in [0, 0.1) is 5.41 Å². The van der Waals surface area contributed by atoms with Gasteiger partial charge in [0, 0.05) is 48.4 Å². The van der Waals surface area contributed by atoms with Gasteiger partial charge >= 0.3 is 12.1 Å². The van der Waals surface area contributed by atoms with Crippen LogP contribution in [0.5, 0.6) is 0 Å². The number of aliphatic carboxylic acids is 1. The number of carboxylic acids is 1. The van der Waals surface area contributed by atoms with Crippen LogP contribution < -0.4 is 16.1 Å². The van der Waals surface area contributed by atoms with Gasteiger partial charge in [-0.25, -0.2) is 4.98 Å². The summed E-state index contributed by atoms with van der Waals surface area (Å²) in [7, 11) is -1.42. The molecule has 6 rings (SSSR count). The Labute approximate surface area is 342 Å². The summed E-state index contributed by atoms with van der Waals surface area (Å²) in [5, 5.41) is 12.4. The molecule has 306 valence electrons. The standard InChI is InChI=1S/C44H50F3N5O4SSi/c1-28(55-7)38-32(19-14-22-49-38)39-34(25-43(5,6)27-56-58(42(2,3)4,30-15-10-8-11-16-30)31-17-12-9-13-18-31)33-23-29(20-21-36(33)52(39)26-44(45,46)47)40-50-37(51-57-40)24-35(48)41(53)54/h8-23,28,35H,24-27,48H2,1-7H3,(H,53,54)/t28-,35?/m0/s1. The first-order valence-corrected chi connectivity index (χ1v) is 21.8. The number of fused-ring (bicyclic) bond motifs is 1. The molecule has 0 spiro atoms. The number of methoxy groups -OCH3 is 1. The van der Waals surface area contributed by atoms with Gasteiger partial charge in [0.2, 0.25) is 0 Å². The minimum absolute atomic E-state index is 0.0631. The number of hydrogen-bond donors (Lipinski definition) is 2. The van der Waals surface area contributed by atoms with Gasteiger partial charge in [-0.1, -0.05) is 95.3 Å². The third-order valence-electron chi connectivity index (χ3n) is 10.5. The second-order valence-electron chi connectivity index (χ2n) is 16.5. The van der Waals surface area contributed by atoms with Crippen molar-refractivity contribution >= 4 is 47.1 Å². The minimum atomic E-state index is -4.55. The molecule has 3 aromatic heterocycles. The molecule has 0 bridgehead atoms. The monoisotopic (exact) mass is 829 g/mol. The summed E-state index contributed by atoms with van der Waals surface area (Å²) in [5.41, 5.74) is 8.35. The lowest BCUT2D eigenvalue weighted by Gasteiger charge is -2.44. The van der Waals surface area contributed by atoms with Gasteiger partial charge in [0.15, 0.2) is 0 Å². The van der Waals surface area contributed by atoms with Crippen molar-refractivity contribution in [1.29, 1.82) is 0 Å². The normalized spacial score (nSPS) is 13.8. The Morgan fingerprint density at radius 1 is 0.948 bits per heavy atom. The lowest BCUT2D eigenvalue weighted by atomic mass is 9.84. The average Bonchev–Trinajstić information content (AvgIpc) is 3.76. The number of rotatable bonds is 15. The highest BCUT2D eigenvalue weighted by atomic mass is 32.1. The molecule has 3 N–H and O–H groups in total. The van der Waals surface area contributed by atoms with Crippen LogP contribution >= 0.6 is 11.5 Å². The highest BCUT2D eigenvalue weighted by Gasteiger charge is 2.51. The number of alkyl halides is 3. The van der Waals surface area contributed by atoms with Crippen molar-refractivity contribution in [3.8, 4) is 21.8 Å². The Balaban J connectivity index is 1.54. The van der Waals surface area contributed by atoms with Crippen molar-refractivity contribution in [1.82, 2.24) is 18.9 Å². The van der Waals surface area contributed by atoms with Gasteiger partial charge in [0.25, 0.3) is 8.32 Å². The molecule has 14 heteroatoms. The molecule has 0 saturated heterocycles. The van der Waals surface area contributed by atoms with Crippen LogP contribution in [0.15, 0.2) is 97.2 Å². The zero-order valence-electron chi connectivity index (χ0n) is 33.8. The summed E-state index contributed by atoms with van der Waals surface area (Å²) in [6, 6.07) is 28.3. The topological polar surface area (TPSA) is 125 Å². The van der Waals surface area contributed by atoms with Crippen molar-refractivity contribution in [3.05, 3.63) is 114 Å². The first kappa shape index (κ1) is 42.9. The van der Waals surface area contributed by atoms with Crippen molar-refractivity contribution < 1.29 is 32.2 Å². The molecule has 1 unspecified atom stereocenters. The second-order valence-corrected chi connectivity index (χ2v) is 21.6. The van der Waals surface area contributed by atoms with Crippen LogP contribution in [0.3, 0.4) is 0 Å². The maximum Gasteiger partial charge on any atom is 0.406 e. The number of benzene rings is 3. The van der Waals surface area contributed by atoms with Gasteiger partial charge in [0.05, 0.1) is 17.5 Å². The Hall–Kier alpha value is -4.73. The quantitative estimate of drug-likeness (QED) is 0.0987. The summed E-state index contributed by atoms with van der Waals surface area (Å²) in [6.45, 7) is 11.7. The van der Waals surface area contributed by atoms with E-state index < -0.39 is 44.6 Å². The number of nitrogens with two attached hydrogens (primary N) is 1. The SMILES string of the molecule is CO[C@@H](C)c1ncccc1-c1c(CC(C)(C)CO[Si](c2ccccc2)(c2ccccc2)C(C)(C)C)c2cc(-c3nc(CC(N)C(=O)O)ns3)ccc2n1CC(F)(F)F.